The highest BCUT2D eigenvalue weighted by Gasteiger charge is 2.09. The molecule has 0 saturated carbocycles. The molecule has 14 heavy (non-hydrogen) atoms. The van der Waals surface area contributed by atoms with Crippen molar-refractivity contribution in [3.8, 4) is 0 Å². The van der Waals surface area contributed by atoms with Gasteiger partial charge in [0.05, 0.1) is 6.61 Å². The van der Waals surface area contributed by atoms with Crippen molar-refractivity contribution >= 4 is 17.4 Å². The van der Waals surface area contributed by atoms with E-state index in [9.17, 15) is 0 Å². The van der Waals surface area contributed by atoms with Crippen LogP contribution in [0.25, 0.3) is 0 Å². The molecule has 0 aromatic carbocycles. The van der Waals surface area contributed by atoms with E-state index >= 15 is 0 Å². The SMILES string of the molecule is CCN(CCO)c1nc(Cl)ncc1C. The van der Waals surface area contributed by atoms with Crippen LogP contribution in [0.1, 0.15) is 12.5 Å². The predicted molar refractivity (Wildman–Crippen MR) is 56.8 cm³/mol. The number of nitrogens with zero attached hydrogens (tertiary/aromatic N) is 3. The minimum absolute atomic E-state index is 0.106. The van der Waals surface area contributed by atoms with E-state index in [4.69, 9.17) is 16.7 Å². The van der Waals surface area contributed by atoms with Gasteiger partial charge in [-0.25, -0.2) is 9.97 Å². The van der Waals surface area contributed by atoms with Crippen molar-refractivity contribution in [2.45, 2.75) is 13.8 Å². The van der Waals surface area contributed by atoms with Crippen LogP contribution in [0.15, 0.2) is 6.20 Å². The molecule has 0 spiro atoms. The molecule has 0 aliphatic rings. The molecule has 0 unspecified atom stereocenters. The van der Waals surface area contributed by atoms with Crippen LogP contribution in [-0.2, 0) is 0 Å². The van der Waals surface area contributed by atoms with Crippen molar-refractivity contribution in [2.24, 2.45) is 0 Å². The third-order valence-corrected chi connectivity index (χ3v) is 2.15. The standard InChI is InChI=1S/C9H14ClN3O/c1-3-13(4-5-14)8-7(2)6-11-9(10)12-8/h6,14H,3-5H2,1-2H3. The average molecular weight is 216 g/mol. The Morgan fingerprint density at radius 1 is 1.57 bits per heavy atom. The Labute approximate surface area is 88.6 Å². The summed E-state index contributed by atoms with van der Waals surface area (Å²) in [6.07, 6.45) is 1.69. The number of aryl methyl sites for hydroxylation is 1. The quantitative estimate of drug-likeness (QED) is 0.769. The van der Waals surface area contributed by atoms with Gasteiger partial charge >= 0.3 is 0 Å². The Morgan fingerprint density at radius 3 is 2.86 bits per heavy atom. The zero-order valence-corrected chi connectivity index (χ0v) is 9.12. The van der Waals surface area contributed by atoms with Crippen molar-refractivity contribution in [1.29, 1.82) is 0 Å². The van der Waals surface area contributed by atoms with Crippen LogP contribution in [0.4, 0.5) is 5.82 Å². The summed E-state index contributed by atoms with van der Waals surface area (Å²) in [7, 11) is 0. The van der Waals surface area contributed by atoms with Crippen LogP contribution in [0.3, 0.4) is 0 Å². The van der Waals surface area contributed by atoms with Crippen LogP contribution in [-0.4, -0.2) is 34.8 Å². The lowest BCUT2D eigenvalue weighted by Crippen LogP contribution is -2.28. The number of anilines is 1. The minimum Gasteiger partial charge on any atom is -0.395 e. The van der Waals surface area contributed by atoms with Crippen molar-refractivity contribution in [1.82, 2.24) is 9.97 Å². The number of aliphatic hydroxyl groups is 1. The van der Waals surface area contributed by atoms with Crippen molar-refractivity contribution < 1.29 is 5.11 Å². The molecule has 5 heteroatoms. The second-order valence-electron chi connectivity index (χ2n) is 2.95. The van der Waals surface area contributed by atoms with Crippen LogP contribution in [0.2, 0.25) is 5.28 Å². The zero-order valence-electron chi connectivity index (χ0n) is 8.37. The Morgan fingerprint density at radius 2 is 2.29 bits per heavy atom. The Hall–Kier alpha value is -0.870. The van der Waals surface area contributed by atoms with Crippen LogP contribution in [0.5, 0.6) is 0 Å². The molecule has 0 aliphatic carbocycles. The molecule has 0 amide bonds. The van der Waals surface area contributed by atoms with Crippen LogP contribution < -0.4 is 4.90 Å². The highest BCUT2D eigenvalue weighted by molar-refractivity contribution is 6.28. The normalized spacial score (nSPS) is 10.3. The molecular weight excluding hydrogens is 202 g/mol. The fourth-order valence-electron chi connectivity index (χ4n) is 1.27. The van der Waals surface area contributed by atoms with E-state index in [0.29, 0.717) is 6.54 Å². The molecule has 1 aromatic heterocycles. The average Bonchev–Trinajstić information content (AvgIpc) is 2.18. The smallest absolute Gasteiger partial charge is 0.224 e. The zero-order chi connectivity index (χ0) is 10.6. The van der Waals surface area contributed by atoms with Crippen molar-refractivity contribution in [3.05, 3.63) is 17.0 Å². The molecule has 0 bridgehead atoms. The first-order chi connectivity index (χ1) is 6.69. The number of aliphatic hydroxyl groups excluding tert-OH is 1. The van der Waals surface area contributed by atoms with E-state index in [2.05, 4.69) is 9.97 Å². The van der Waals surface area contributed by atoms with Crippen molar-refractivity contribution in [3.63, 3.8) is 0 Å². The van der Waals surface area contributed by atoms with E-state index < -0.39 is 0 Å². The van der Waals surface area contributed by atoms with E-state index in [1.807, 2.05) is 18.7 Å². The number of rotatable bonds is 4. The topological polar surface area (TPSA) is 49.2 Å². The lowest BCUT2D eigenvalue weighted by Gasteiger charge is -2.22. The van der Waals surface area contributed by atoms with Gasteiger partial charge in [0.15, 0.2) is 0 Å². The highest BCUT2D eigenvalue weighted by Crippen LogP contribution is 2.17. The molecule has 0 aliphatic heterocycles. The van der Waals surface area contributed by atoms with Gasteiger partial charge in [-0.2, -0.15) is 0 Å². The van der Waals surface area contributed by atoms with E-state index in [1.165, 1.54) is 0 Å². The molecule has 1 heterocycles. The number of likely N-dealkylation sites (N-methyl/N-ethyl adjacent to an activating group) is 1. The summed E-state index contributed by atoms with van der Waals surface area (Å²) < 4.78 is 0. The second kappa shape index (κ2) is 5.12. The number of hydrogen-bond donors (Lipinski definition) is 1. The Kier molecular flexibility index (Phi) is 4.10. The summed E-state index contributed by atoms with van der Waals surface area (Å²) >= 11 is 5.71. The van der Waals surface area contributed by atoms with E-state index in [-0.39, 0.29) is 11.9 Å². The van der Waals surface area contributed by atoms with Crippen molar-refractivity contribution in [2.75, 3.05) is 24.6 Å². The maximum atomic E-state index is 8.87. The molecule has 0 atom stereocenters. The lowest BCUT2D eigenvalue weighted by molar-refractivity contribution is 0.302. The Balaban J connectivity index is 2.96. The fourth-order valence-corrected chi connectivity index (χ4v) is 1.40. The van der Waals surface area contributed by atoms with Gasteiger partial charge in [-0.15, -0.1) is 0 Å². The van der Waals surface area contributed by atoms with Gasteiger partial charge in [-0.3, -0.25) is 0 Å². The third kappa shape index (κ3) is 2.56. The van der Waals surface area contributed by atoms with Gasteiger partial charge in [-0.05, 0) is 25.4 Å². The summed E-state index contributed by atoms with van der Waals surface area (Å²) in [4.78, 5) is 9.97. The largest absolute Gasteiger partial charge is 0.395 e. The third-order valence-electron chi connectivity index (χ3n) is 1.97. The molecule has 1 rings (SSSR count). The molecule has 0 saturated heterocycles. The maximum absolute atomic E-state index is 8.87. The van der Waals surface area contributed by atoms with Gasteiger partial charge in [0.25, 0.3) is 0 Å². The van der Waals surface area contributed by atoms with Crippen LogP contribution >= 0.6 is 11.6 Å². The molecule has 78 valence electrons. The number of aromatic nitrogens is 2. The van der Waals surface area contributed by atoms with E-state index in [1.54, 1.807) is 6.20 Å². The summed E-state index contributed by atoms with van der Waals surface area (Å²) in [6.45, 7) is 5.38. The molecule has 4 nitrogen and oxygen atoms in total. The fraction of sp³-hybridized carbons (Fsp3) is 0.556. The maximum Gasteiger partial charge on any atom is 0.224 e. The summed E-state index contributed by atoms with van der Waals surface area (Å²) in [6, 6.07) is 0. The van der Waals surface area contributed by atoms with Gasteiger partial charge in [0.1, 0.15) is 5.82 Å². The number of hydrogen-bond acceptors (Lipinski definition) is 4. The summed E-state index contributed by atoms with van der Waals surface area (Å²) in [5, 5.41) is 9.11. The molecule has 1 aromatic rings. The first-order valence-electron chi connectivity index (χ1n) is 4.54. The van der Waals surface area contributed by atoms with Gasteiger partial charge in [-0.1, -0.05) is 0 Å². The second-order valence-corrected chi connectivity index (χ2v) is 3.29. The Bertz CT molecular complexity index is 306. The molecule has 0 fully saturated rings. The monoisotopic (exact) mass is 215 g/mol. The molecule has 0 radical (unpaired) electrons. The molecule has 1 N–H and O–H groups in total. The van der Waals surface area contributed by atoms with Crippen LogP contribution in [0, 0.1) is 6.92 Å². The summed E-state index contributed by atoms with van der Waals surface area (Å²) in [5.74, 6) is 0.793. The van der Waals surface area contributed by atoms with Gasteiger partial charge in [0.2, 0.25) is 5.28 Å². The van der Waals surface area contributed by atoms with E-state index in [0.717, 1.165) is 17.9 Å². The number of halogens is 1. The highest BCUT2D eigenvalue weighted by atomic mass is 35.5. The minimum atomic E-state index is 0.106. The molecular formula is C9H14ClN3O. The first-order valence-corrected chi connectivity index (χ1v) is 4.91. The predicted octanol–water partition coefficient (Wildman–Crippen LogP) is 1.26. The summed E-state index contributed by atoms with van der Waals surface area (Å²) in [5.41, 5.74) is 0.963. The van der Waals surface area contributed by atoms with Gasteiger partial charge < -0.3 is 10.0 Å². The van der Waals surface area contributed by atoms with Gasteiger partial charge in [0, 0.05) is 24.8 Å². The lowest BCUT2D eigenvalue weighted by atomic mass is 10.3. The first kappa shape index (κ1) is 11.2.